The van der Waals surface area contributed by atoms with E-state index in [1.54, 1.807) is 24.3 Å². The predicted octanol–water partition coefficient (Wildman–Crippen LogP) is 0.538. The second kappa shape index (κ2) is 22.8. The summed E-state index contributed by atoms with van der Waals surface area (Å²) in [4.78, 5) is 52.0. The Bertz CT molecular complexity index is 2220. The number of hydrogen-bond donors (Lipinski definition) is 2. The molecule has 65 heavy (non-hydrogen) atoms. The van der Waals surface area contributed by atoms with Crippen LogP contribution in [0, 0.1) is 0 Å². The maximum Gasteiger partial charge on any atom is 1.00 e. The number of carbonyl (C=O) groups excluding carboxylic acids is 4. The Morgan fingerprint density at radius 2 is 1.02 bits per heavy atom. The van der Waals surface area contributed by atoms with Gasteiger partial charge in [0.25, 0.3) is 0 Å². The third-order valence-corrected chi connectivity index (χ3v) is 12.0. The molecule has 2 heterocycles. The normalized spacial score (nSPS) is 18.9. The Morgan fingerprint density at radius 3 is 1.40 bits per heavy atom. The van der Waals surface area contributed by atoms with Crippen molar-refractivity contribution in [1.82, 2.24) is 20.4 Å². The monoisotopic (exact) mass is 892 g/mol. The van der Waals surface area contributed by atoms with Crippen LogP contribution in [0.15, 0.2) is 97.1 Å². The summed E-state index contributed by atoms with van der Waals surface area (Å²) in [5, 5.41) is 28.0. The van der Waals surface area contributed by atoms with E-state index in [1.165, 1.54) is 48.5 Å². The Labute approximate surface area is 397 Å². The third-order valence-electron chi connectivity index (χ3n) is 12.0. The van der Waals surface area contributed by atoms with E-state index in [1.807, 2.05) is 16.7 Å². The SMILES string of the molecule is C[C@H](NC(=O)[C@H]1CCCCN1Cc1ccc(C(F)(F)F)cc1)c1ccc(C(=O)[O-])cc1.O=C([O-])c1ccc(C2(NC(=O)[C@H]3CCCCN3Cc3ccc(C(F)(F)F)cc3)CC2)cc1.[Li+].[Li+]. The van der Waals surface area contributed by atoms with Gasteiger partial charge < -0.3 is 30.4 Å². The molecule has 1 saturated carbocycles. The van der Waals surface area contributed by atoms with Crippen LogP contribution in [0.5, 0.6) is 0 Å². The molecule has 2 N–H and O–H groups in total. The molecular weight excluding hydrogens is 844 g/mol. The van der Waals surface area contributed by atoms with Crippen molar-refractivity contribution in [2.75, 3.05) is 13.1 Å². The van der Waals surface area contributed by atoms with Crippen LogP contribution in [0.25, 0.3) is 0 Å². The molecule has 0 spiro atoms. The summed E-state index contributed by atoms with van der Waals surface area (Å²) >= 11 is 0. The Kier molecular flexibility index (Phi) is 18.6. The number of carboxylic acids is 2. The van der Waals surface area contributed by atoms with Crippen molar-refractivity contribution in [3.8, 4) is 0 Å². The Hall–Kier alpha value is -4.55. The number of rotatable bonds is 12. The number of alkyl halides is 6. The van der Waals surface area contributed by atoms with Crippen LogP contribution in [-0.2, 0) is 40.6 Å². The Morgan fingerprint density at radius 1 is 0.615 bits per heavy atom. The van der Waals surface area contributed by atoms with Crippen LogP contribution < -0.4 is 58.6 Å². The van der Waals surface area contributed by atoms with Gasteiger partial charge in [0.2, 0.25) is 11.8 Å². The first kappa shape index (κ1) is 53.1. The second-order valence-electron chi connectivity index (χ2n) is 16.4. The molecule has 2 aliphatic heterocycles. The fourth-order valence-electron chi connectivity index (χ4n) is 8.18. The molecule has 18 heteroatoms. The van der Waals surface area contributed by atoms with Crippen molar-refractivity contribution in [3.63, 3.8) is 0 Å². The minimum Gasteiger partial charge on any atom is -0.545 e. The molecule has 336 valence electrons. The van der Waals surface area contributed by atoms with E-state index in [0.717, 1.165) is 85.0 Å². The molecule has 3 atom stereocenters. The first-order valence-electron chi connectivity index (χ1n) is 20.9. The molecule has 1 aliphatic carbocycles. The number of halogens is 6. The van der Waals surface area contributed by atoms with Gasteiger partial charge in [0.15, 0.2) is 0 Å². The minimum atomic E-state index is -4.37. The van der Waals surface area contributed by atoms with Crippen molar-refractivity contribution >= 4 is 23.8 Å². The van der Waals surface area contributed by atoms with Crippen LogP contribution in [0.1, 0.15) is 118 Å². The van der Waals surface area contributed by atoms with Crippen LogP contribution >= 0.6 is 0 Å². The van der Waals surface area contributed by atoms with E-state index in [0.29, 0.717) is 39.0 Å². The number of carboxylic acid groups (broad SMARTS) is 2. The van der Waals surface area contributed by atoms with Gasteiger partial charge in [0.1, 0.15) is 0 Å². The molecule has 2 saturated heterocycles. The smallest absolute Gasteiger partial charge is 0.545 e. The van der Waals surface area contributed by atoms with Gasteiger partial charge in [-0.25, -0.2) is 0 Å². The maximum absolute atomic E-state index is 13.2. The average molecular weight is 893 g/mol. The summed E-state index contributed by atoms with van der Waals surface area (Å²) in [5.74, 6) is -2.75. The van der Waals surface area contributed by atoms with Crippen LogP contribution in [0.3, 0.4) is 0 Å². The summed E-state index contributed by atoms with van der Waals surface area (Å²) in [6.45, 7) is 4.00. The van der Waals surface area contributed by atoms with Crippen LogP contribution in [0.4, 0.5) is 26.3 Å². The quantitative estimate of drug-likeness (QED) is 0.155. The summed E-state index contributed by atoms with van der Waals surface area (Å²) in [5.41, 5.74) is 1.37. The zero-order valence-corrected chi connectivity index (χ0v) is 36.6. The molecule has 0 bridgehead atoms. The van der Waals surface area contributed by atoms with Gasteiger partial charge in [0.05, 0.1) is 46.7 Å². The number of amides is 2. The predicted molar refractivity (Wildman–Crippen MR) is 216 cm³/mol. The van der Waals surface area contributed by atoms with Crippen LogP contribution in [-0.4, -0.2) is 58.7 Å². The van der Waals surface area contributed by atoms with Gasteiger partial charge in [-0.2, -0.15) is 26.3 Å². The molecule has 0 unspecified atom stereocenters. The van der Waals surface area contributed by atoms with Crippen molar-refractivity contribution in [2.45, 2.75) is 107 Å². The molecule has 0 radical (unpaired) electrons. The van der Waals surface area contributed by atoms with E-state index in [2.05, 4.69) is 10.6 Å². The van der Waals surface area contributed by atoms with E-state index < -0.39 is 41.0 Å². The van der Waals surface area contributed by atoms with Crippen molar-refractivity contribution in [2.24, 2.45) is 0 Å². The Balaban J connectivity index is 0.000000276. The van der Waals surface area contributed by atoms with Gasteiger partial charge in [-0.1, -0.05) is 85.6 Å². The summed E-state index contributed by atoms with van der Waals surface area (Å²) in [6, 6.07) is 21.6. The first-order valence-corrected chi connectivity index (χ1v) is 20.9. The number of benzene rings is 4. The molecule has 3 fully saturated rings. The standard InChI is InChI=1S/C24H25F3N2O3.C23H25F3N2O3.2Li/c25-24(26,27)19-8-4-16(5-9-19)15-29-14-2-1-3-20(29)21(30)28-23(12-13-23)18-10-6-17(7-11-18)22(31)32;1-15(17-7-9-18(10-8-17)22(30)31)27-21(29)20-4-2-3-13-28(20)14-16-5-11-19(12-6-16)23(24,25)26;;/h4-11,20H,1-3,12-15H2,(H,28,30)(H,31,32);5-12,15,20H,2-4,13-14H2,1H3,(H,27,29)(H,30,31);;/q;;2*+1/p-2/t20-;15-,20+;;/m10../s1. The molecule has 10 nitrogen and oxygen atoms in total. The van der Waals surface area contributed by atoms with Gasteiger partial charge in [-0.05, 0) is 116 Å². The van der Waals surface area contributed by atoms with Crippen molar-refractivity contribution < 1.29 is 93.5 Å². The topological polar surface area (TPSA) is 145 Å². The number of carbonyl (C=O) groups is 4. The average Bonchev–Trinajstić information content (AvgIpc) is 4.04. The van der Waals surface area contributed by atoms with Crippen molar-refractivity contribution in [3.05, 3.63) is 142 Å². The number of nitrogens with one attached hydrogen (secondary N) is 2. The number of aromatic carboxylic acids is 2. The van der Waals surface area contributed by atoms with Crippen LogP contribution in [0.2, 0.25) is 0 Å². The molecule has 7 rings (SSSR count). The molecule has 4 aromatic carbocycles. The first-order chi connectivity index (χ1) is 29.8. The largest absolute Gasteiger partial charge is 1.00 e. The third kappa shape index (κ3) is 14.2. The number of likely N-dealkylation sites (tertiary alicyclic amines) is 2. The number of hydrogen-bond acceptors (Lipinski definition) is 8. The molecule has 4 aromatic rings. The van der Waals surface area contributed by atoms with Gasteiger partial charge in [-0.3, -0.25) is 19.4 Å². The molecule has 3 aliphatic rings. The van der Waals surface area contributed by atoms with E-state index in [9.17, 15) is 55.7 Å². The number of piperidine rings is 2. The fourth-order valence-corrected chi connectivity index (χ4v) is 8.18. The van der Waals surface area contributed by atoms with Gasteiger partial charge in [-0.15, -0.1) is 0 Å². The summed E-state index contributed by atoms with van der Waals surface area (Å²) < 4.78 is 76.8. The second-order valence-corrected chi connectivity index (χ2v) is 16.4. The van der Waals surface area contributed by atoms with E-state index in [-0.39, 0.29) is 78.8 Å². The minimum absolute atomic E-state index is 0. The zero-order chi connectivity index (χ0) is 45.5. The molecular formula is C47H48F6Li2N4O6. The summed E-state index contributed by atoms with van der Waals surface area (Å²) in [6.07, 6.45) is -2.18. The maximum atomic E-state index is 13.2. The van der Waals surface area contributed by atoms with Gasteiger partial charge in [0, 0.05) is 13.1 Å². The molecule has 2 amide bonds. The van der Waals surface area contributed by atoms with E-state index in [4.69, 9.17) is 0 Å². The van der Waals surface area contributed by atoms with Crippen molar-refractivity contribution in [1.29, 1.82) is 0 Å². The van der Waals surface area contributed by atoms with Gasteiger partial charge >= 0.3 is 50.1 Å². The molecule has 0 aromatic heterocycles. The zero-order valence-electron chi connectivity index (χ0n) is 36.6. The summed E-state index contributed by atoms with van der Waals surface area (Å²) in [7, 11) is 0. The van der Waals surface area contributed by atoms with E-state index >= 15 is 0 Å². The number of nitrogens with zero attached hydrogens (tertiary/aromatic N) is 2. The fraction of sp³-hybridized carbons (Fsp3) is 0.404.